The number of rotatable bonds is 5. The molecule has 1 saturated heterocycles. The topological polar surface area (TPSA) is 78.4 Å². The Labute approximate surface area is 106 Å². The second-order valence-electron chi connectivity index (χ2n) is 4.21. The molecule has 1 atom stereocenters. The van der Waals surface area contributed by atoms with Crippen LogP contribution < -0.4 is 10.6 Å². The van der Waals surface area contributed by atoms with Crippen LogP contribution in [-0.4, -0.2) is 41.2 Å². The number of carboxylic acid groups (broad SMARTS) is 1. The fourth-order valence-corrected chi connectivity index (χ4v) is 2.94. The third-order valence-electron chi connectivity index (χ3n) is 2.90. The third kappa shape index (κ3) is 5.30. The van der Waals surface area contributed by atoms with E-state index in [9.17, 15) is 9.59 Å². The fourth-order valence-electron chi connectivity index (χ4n) is 1.74. The summed E-state index contributed by atoms with van der Waals surface area (Å²) in [6, 6.07) is -1.17. The number of amides is 2. The van der Waals surface area contributed by atoms with Gasteiger partial charge >= 0.3 is 12.0 Å². The summed E-state index contributed by atoms with van der Waals surface area (Å²) in [5, 5.41) is 14.0. The van der Waals surface area contributed by atoms with Crippen LogP contribution in [0.2, 0.25) is 0 Å². The number of carboxylic acids is 1. The highest BCUT2D eigenvalue weighted by Crippen LogP contribution is 2.21. The molecule has 0 spiro atoms. The van der Waals surface area contributed by atoms with Gasteiger partial charge < -0.3 is 15.7 Å². The van der Waals surface area contributed by atoms with Gasteiger partial charge in [0.1, 0.15) is 6.04 Å². The first kappa shape index (κ1) is 14.2. The lowest BCUT2D eigenvalue weighted by molar-refractivity contribution is -0.139. The molecule has 1 fully saturated rings. The fraction of sp³-hybridized carbons (Fsp3) is 0.818. The standard InChI is InChI=1S/C11H20N2O3S/c1-2-9(10(14)15)13-11(16)12-7-8-3-5-17-6-4-8/h8-9H,2-7H2,1H3,(H,14,15)(H2,12,13,16)/t9-/m0/s1. The van der Waals surface area contributed by atoms with Gasteiger partial charge in [0.15, 0.2) is 0 Å². The number of nitrogens with one attached hydrogen (secondary N) is 2. The van der Waals surface area contributed by atoms with E-state index < -0.39 is 12.0 Å². The summed E-state index contributed by atoms with van der Waals surface area (Å²) in [4.78, 5) is 22.2. The highest BCUT2D eigenvalue weighted by Gasteiger charge is 2.19. The number of hydrogen-bond acceptors (Lipinski definition) is 3. The number of carbonyl (C=O) groups excluding carboxylic acids is 1. The van der Waals surface area contributed by atoms with E-state index >= 15 is 0 Å². The number of aliphatic carboxylic acids is 1. The molecule has 0 unspecified atom stereocenters. The molecule has 6 heteroatoms. The zero-order valence-corrected chi connectivity index (χ0v) is 10.9. The number of thioether (sulfide) groups is 1. The summed E-state index contributed by atoms with van der Waals surface area (Å²) in [6.45, 7) is 2.37. The predicted molar refractivity (Wildman–Crippen MR) is 68.3 cm³/mol. The SMILES string of the molecule is CC[C@H](NC(=O)NCC1CCSCC1)C(=O)O. The van der Waals surface area contributed by atoms with Crippen LogP contribution in [0.4, 0.5) is 4.79 Å². The van der Waals surface area contributed by atoms with Crippen molar-refractivity contribution < 1.29 is 14.7 Å². The van der Waals surface area contributed by atoms with Crippen molar-refractivity contribution in [2.24, 2.45) is 5.92 Å². The Bertz CT molecular complexity index is 267. The predicted octanol–water partition coefficient (Wildman–Crippen LogP) is 1.29. The lowest BCUT2D eigenvalue weighted by atomic mass is 10.0. The van der Waals surface area contributed by atoms with E-state index in [-0.39, 0.29) is 6.03 Å². The second-order valence-corrected chi connectivity index (χ2v) is 5.43. The lowest BCUT2D eigenvalue weighted by Gasteiger charge is -2.22. The van der Waals surface area contributed by atoms with Gasteiger partial charge in [-0.2, -0.15) is 11.8 Å². The summed E-state index contributed by atoms with van der Waals surface area (Å²) in [5.74, 6) is 1.85. The number of hydrogen-bond donors (Lipinski definition) is 3. The van der Waals surface area contributed by atoms with Gasteiger partial charge in [0.25, 0.3) is 0 Å². The Balaban J connectivity index is 2.21. The number of carbonyl (C=O) groups is 2. The van der Waals surface area contributed by atoms with E-state index in [0.717, 1.165) is 24.3 Å². The zero-order valence-electron chi connectivity index (χ0n) is 10.1. The monoisotopic (exact) mass is 260 g/mol. The Morgan fingerprint density at radius 3 is 2.59 bits per heavy atom. The van der Waals surface area contributed by atoms with Gasteiger partial charge in [-0.15, -0.1) is 0 Å². The van der Waals surface area contributed by atoms with E-state index in [1.165, 1.54) is 0 Å². The molecule has 2 amide bonds. The van der Waals surface area contributed by atoms with Gasteiger partial charge in [-0.25, -0.2) is 9.59 Å². The van der Waals surface area contributed by atoms with Gasteiger partial charge in [-0.05, 0) is 36.7 Å². The normalized spacial score (nSPS) is 18.4. The maximum Gasteiger partial charge on any atom is 0.326 e. The average molecular weight is 260 g/mol. The quantitative estimate of drug-likeness (QED) is 0.696. The van der Waals surface area contributed by atoms with Crippen molar-refractivity contribution in [3.8, 4) is 0 Å². The Morgan fingerprint density at radius 1 is 1.41 bits per heavy atom. The maximum atomic E-state index is 11.5. The minimum absolute atomic E-state index is 0.377. The van der Waals surface area contributed by atoms with Gasteiger partial charge in [-0.3, -0.25) is 0 Å². The zero-order chi connectivity index (χ0) is 12.7. The van der Waals surface area contributed by atoms with Gasteiger partial charge in [0.05, 0.1) is 0 Å². The van der Waals surface area contributed by atoms with E-state index in [1.54, 1.807) is 6.92 Å². The van der Waals surface area contributed by atoms with E-state index in [4.69, 9.17) is 5.11 Å². The van der Waals surface area contributed by atoms with Crippen LogP contribution in [0.15, 0.2) is 0 Å². The minimum Gasteiger partial charge on any atom is -0.480 e. The molecule has 3 N–H and O–H groups in total. The van der Waals surface area contributed by atoms with Crippen LogP contribution in [0.5, 0.6) is 0 Å². The minimum atomic E-state index is -0.989. The van der Waals surface area contributed by atoms with Crippen molar-refractivity contribution in [2.75, 3.05) is 18.1 Å². The summed E-state index contributed by atoms with van der Waals surface area (Å²) >= 11 is 1.95. The van der Waals surface area contributed by atoms with E-state index in [0.29, 0.717) is 18.9 Å². The first-order valence-electron chi connectivity index (χ1n) is 5.98. The smallest absolute Gasteiger partial charge is 0.326 e. The molecule has 0 saturated carbocycles. The molecule has 0 aliphatic carbocycles. The molecule has 1 rings (SSSR count). The molecule has 98 valence electrons. The Kier molecular flexibility index (Phi) is 6.18. The van der Waals surface area contributed by atoms with Crippen LogP contribution in [0, 0.1) is 5.92 Å². The molecule has 0 aromatic carbocycles. The Morgan fingerprint density at radius 2 is 2.06 bits per heavy atom. The molecular formula is C11H20N2O3S. The van der Waals surface area contributed by atoms with Crippen LogP contribution >= 0.6 is 11.8 Å². The molecule has 1 heterocycles. The first-order valence-corrected chi connectivity index (χ1v) is 7.13. The molecule has 0 bridgehead atoms. The maximum absolute atomic E-state index is 11.5. The van der Waals surface area contributed by atoms with Gasteiger partial charge in [0.2, 0.25) is 0 Å². The molecule has 0 aromatic rings. The molecule has 5 nitrogen and oxygen atoms in total. The summed E-state index contributed by atoms with van der Waals surface area (Å²) in [6.07, 6.45) is 2.64. The molecule has 1 aliphatic heterocycles. The summed E-state index contributed by atoms with van der Waals surface area (Å²) in [7, 11) is 0. The van der Waals surface area contributed by atoms with Crippen LogP contribution in [0.25, 0.3) is 0 Å². The molecule has 0 aromatic heterocycles. The van der Waals surface area contributed by atoms with Gasteiger partial charge in [0, 0.05) is 6.54 Å². The van der Waals surface area contributed by atoms with E-state index in [1.807, 2.05) is 11.8 Å². The van der Waals surface area contributed by atoms with E-state index in [2.05, 4.69) is 10.6 Å². The highest BCUT2D eigenvalue weighted by molar-refractivity contribution is 7.99. The summed E-state index contributed by atoms with van der Waals surface area (Å²) in [5.41, 5.74) is 0. The van der Waals surface area contributed by atoms with Crippen LogP contribution in [0.1, 0.15) is 26.2 Å². The molecule has 0 radical (unpaired) electrons. The van der Waals surface area contributed by atoms with Crippen LogP contribution in [-0.2, 0) is 4.79 Å². The highest BCUT2D eigenvalue weighted by atomic mass is 32.2. The largest absolute Gasteiger partial charge is 0.480 e. The van der Waals surface area contributed by atoms with Gasteiger partial charge in [-0.1, -0.05) is 6.92 Å². The molecular weight excluding hydrogens is 240 g/mol. The first-order chi connectivity index (χ1) is 8.13. The van der Waals surface area contributed by atoms with Crippen molar-refractivity contribution in [1.82, 2.24) is 10.6 Å². The van der Waals surface area contributed by atoms with Crippen molar-refractivity contribution in [3.05, 3.63) is 0 Å². The van der Waals surface area contributed by atoms with Crippen molar-refractivity contribution in [3.63, 3.8) is 0 Å². The summed E-state index contributed by atoms with van der Waals surface area (Å²) < 4.78 is 0. The average Bonchev–Trinajstić information content (AvgIpc) is 2.34. The van der Waals surface area contributed by atoms with Crippen molar-refractivity contribution in [2.45, 2.75) is 32.2 Å². The molecule has 17 heavy (non-hydrogen) atoms. The van der Waals surface area contributed by atoms with Crippen molar-refractivity contribution in [1.29, 1.82) is 0 Å². The van der Waals surface area contributed by atoms with Crippen molar-refractivity contribution >= 4 is 23.8 Å². The number of urea groups is 1. The second kappa shape index (κ2) is 7.42. The Hall–Kier alpha value is -0.910. The van der Waals surface area contributed by atoms with Crippen LogP contribution in [0.3, 0.4) is 0 Å². The lowest BCUT2D eigenvalue weighted by Crippen LogP contribution is -2.46. The molecule has 1 aliphatic rings. The third-order valence-corrected chi connectivity index (χ3v) is 3.95.